The van der Waals surface area contributed by atoms with Crippen LogP contribution in [0.25, 0.3) is 0 Å². The molecule has 1 aromatic carbocycles. The Bertz CT molecular complexity index is 738. The van der Waals surface area contributed by atoms with Gasteiger partial charge in [-0.25, -0.2) is 9.59 Å². The molecule has 2 rings (SSSR count). The van der Waals surface area contributed by atoms with Gasteiger partial charge in [0, 0.05) is 4.90 Å². The normalized spacial score (nSPS) is 15.4. The molecule has 140 valence electrons. The third kappa shape index (κ3) is 5.43. The summed E-state index contributed by atoms with van der Waals surface area (Å²) in [6.45, 7) is 2.11. The van der Waals surface area contributed by atoms with E-state index >= 15 is 0 Å². The Balaban J connectivity index is 1.96. The van der Waals surface area contributed by atoms with E-state index in [0.29, 0.717) is 10.1 Å². The maximum atomic E-state index is 12.2. The first-order valence-corrected chi connectivity index (χ1v) is 10.4. The second-order valence-electron chi connectivity index (χ2n) is 5.05. The van der Waals surface area contributed by atoms with Gasteiger partial charge >= 0.3 is 11.9 Å². The molecule has 1 aromatic rings. The molecule has 0 aromatic heterocycles. The lowest BCUT2D eigenvalue weighted by Gasteiger charge is -2.17. The molecule has 1 aliphatic rings. The van der Waals surface area contributed by atoms with E-state index in [1.54, 1.807) is 19.1 Å². The number of hydrogen-bond acceptors (Lipinski definition) is 7. The SMILES string of the molecule is CCOC(=O)/C=C1\SCC(=O)N1CCOC(=O)c1cc(SC)ccc1Cl. The van der Waals surface area contributed by atoms with Crippen molar-refractivity contribution in [3.8, 4) is 0 Å². The van der Waals surface area contributed by atoms with Crippen molar-refractivity contribution in [1.29, 1.82) is 0 Å². The summed E-state index contributed by atoms with van der Waals surface area (Å²) in [5.41, 5.74) is 0.280. The molecule has 0 N–H and O–H groups in total. The van der Waals surface area contributed by atoms with E-state index < -0.39 is 11.9 Å². The van der Waals surface area contributed by atoms with Crippen LogP contribution in [0.1, 0.15) is 17.3 Å². The van der Waals surface area contributed by atoms with Crippen molar-refractivity contribution >= 4 is 53.0 Å². The van der Waals surface area contributed by atoms with Crippen LogP contribution in [0.2, 0.25) is 5.02 Å². The summed E-state index contributed by atoms with van der Waals surface area (Å²) in [6, 6.07) is 5.12. The van der Waals surface area contributed by atoms with E-state index in [-0.39, 0.29) is 37.0 Å². The number of esters is 2. The predicted octanol–water partition coefficient (Wildman–Crippen LogP) is 3.20. The average molecular weight is 416 g/mol. The zero-order valence-corrected chi connectivity index (χ0v) is 16.7. The van der Waals surface area contributed by atoms with Gasteiger partial charge in [-0.2, -0.15) is 0 Å². The average Bonchev–Trinajstić information content (AvgIpc) is 2.95. The molecule has 1 fully saturated rings. The molecule has 0 unspecified atom stereocenters. The summed E-state index contributed by atoms with van der Waals surface area (Å²) < 4.78 is 10.1. The summed E-state index contributed by atoms with van der Waals surface area (Å²) >= 11 is 8.79. The fourth-order valence-electron chi connectivity index (χ4n) is 2.15. The Morgan fingerprint density at radius 3 is 2.85 bits per heavy atom. The highest BCUT2D eigenvalue weighted by Crippen LogP contribution is 2.28. The standard InChI is InChI=1S/C17H18ClNO5S2/c1-3-23-16(21)9-15-19(14(20)10-26-15)6-7-24-17(22)12-8-11(25-2)4-5-13(12)18/h4-5,8-9H,3,6-7,10H2,1-2H3/b15-9-. The minimum atomic E-state index is -0.555. The van der Waals surface area contributed by atoms with Crippen LogP contribution in [0, 0.1) is 0 Å². The maximum Gasteiger partial charge on any atom is 0.339 e. The lowest BCUT2D eigenvalue weighted by atomic mass is 10.2. The van der Waals surface area contributed by atoms with Gasteiger partial charge in [0.15, 0.2) is 0 Å². The van der Waals surface area contributed by atoms with Gasteiger partial charge < -0.3 is 14.4 Å². The van der Waals surface area contributed by atoms with Gasteiger partial charge in [-0.05, 0) is 31.4 Å². The number of carbonyl (C=O) groups is 3. The number of carbonyl (C=O) groups excluding carboxylic acids is 3. The molecule has 1 saturated heterocycles. The first kappa shape index (κ1) is 20.7. The zero-order chi connectivity index (χ0) is 19.1. The number of rotatable bonds is 7. The Hall–Kier alpha value is -1.64. The monoisotopic (exact) mass is 415 g/mol. The molecule has 0 bridgehead atoms. The minimum Gasteiger partial charge on any atom is -0.463 e. The van der Waals surface area contributed by atoms with E-state index in [0.717, 1.165) is 4.90 Å². The van der Waals surface area contributed by atoms with Crippen LogP contribution in [0.5, 0.6) is 0 Å². The van der Waals surface area contributed by atoms with E-state index in [4.69, 9.17) is 21.1 Å². The molecule has 9 heteroatoms. The van der Waals surface area contributed by atoms with Gasteiger partial charge in [0.2, 0.25) is 5.91 Å². The van der Waals surface area contributed by atoms with Crippen molar-refractivity contribution < 1.29 is 23.9 Å². The highest BCUT2D eigenvalue weighted by Gasteiger charge is 2.27. The van der Waals surface area contributed by atoms with Crippen molar-refractivity contribution in [2.45, 2.75) is 11.8 Å². The quantitative estimate of drug-likeness (QED) is 0.384. The fourth-order valence-corrected chi connectivity index (χ4v) is 3.74. The molecule has 0 atom stereocenters. The molecule has 0 radical (unpaired) electrons. The molecule has 0 saturated carbocycles. The lowest BCUT2D eigenvalue weighted by molar-refractivity contribution is -0.137. The third-order valence-corrected chi connectivity index (χ3v) is 5.46. The van der Waals surface area contributed by atoms with Gasteiger partial charge in [-0.15, -0.1) is 11.8 Å². The maximum absolute atomic E-state index is 12.2. The summed E-state index contributed by atoms with van der Waals surface area (Å²) in [6.07, 6.45) is 3.17. The smallest absolute Gasteiger partial charge is 0.339 e. The van der Waals surface area contributed by atoms with Crippen molar-refractivity contribution in [1.82, 2.24) is 4.90 Å². The molecule has 6 nitrogen and oxygen atoms in total. The van der Waals surface area contributed by atoms with Gasteiger partial charge in [-0.3, -0.25) is 4.79 Å². The van der Waals surface area contributed by atoms with Gasteiger partial charge in [0.25, 0.3) is 0 Å². The van der Waals surface area contributed by atoms with Crippen molar-refractivity contribution in [3.63, 3.8) is 0 Å². The second kappa shape index (κ2) is 9.89. The third-order valence-electron chi connectivity index (χ3n) is 3.38. The number of ether oxygens (including phenoxy) is 2. The van der Waals surface area contributed by atoms with Crippen molar-refractivity contribution in [2.24, 2.45) is 0 Å². The predicted molar refractivity (Wildman–Crippen MR) is 102 cm³/mol. The minimum absolute atomic E-state index is 0.00881. The van der Waals surface area contributed by atoms with Gasteiger partial charge in [0.05, 0.1) is 40.6 Å². The van der Waals surface area contributed by atoms with E-state index in [1.165, 1.54) is 34.5 Å². The first-order chi connectivity index (χ1) is 12.5. The van der Waals surface area contributed by atoms with Gasteiger partial charge in [0.1, 0.15) is 6.61 Å². The second-order valence-corrected chi connectivity index (χ2v) is 7.33. The van der Waals surface area contributed by atoms with E-state index in [1.807, 2.05) is 12.3 Å². The summed E-state index contributed by atoms with van der Waals surface area (Å²) in [5.74, 6) is -0.974. The largest absolute Gasteiger partial charge is 0.463 e. The number of nitrogens with zero attached hydrogens (tertiary/aromatic N) is 1. The molecule has 26 heavy (non-hydrogen) atoms. The van der Waals surface area contributed by atoms with Crippen LogP contribution in [0.15, 0.2) is 34.2 Å². The highest BCUT2D eigenvalue weighted by molar-refractivity contribution is 8.04. The van der Waals surface area contributed by atoms with Gasteiger partial charge in [-0.1, -0.05) is 23.4 Å². The molecular weight excluding hydrogens is 398 g/mol. The molecule has 1 heterocycles. The Kier molecular flexibility index (Phi) is 7.86. The van der Waals surface area contributed by atoms with Crippen LogP contribution < -0.4 is 0 Å². The van der Waals surface area contributed by atoms with Crippen LogP contribution in [0.4, 0.5) is 0 Å². The van der Waals surface area contributed by atoms with E-state index in [9.17, 15) is 14.4 Å². The number of benzene rings is 1. The Labute approximate surface area is 165 Å². The van der Waals surface area contributed by atoms with Crippen LogP contribution in [0.3, 0.4) is 0 Å². The van der Waals surface area contributed by atoms with Crippen LogP contribution >= 0.6 is 35.1 Å². The first-order valence-electron chi connectivity index (χ1n) is 7.78. The summed E-state index contributed by atoms with van der Waals surface area (Å²) in [4.78, 5) is 38.0. The topological polar surface area (TPSA) is 72.9 Å². The fraction of sp³-hybridized carbons (Fsp3) is 0.353. The van der Waals surface area contributed by atoms with E-state index in [2.05, 4.69) is 0 Å². The highest BCUT2D eigenvalue weighted by atomic mass is 35.5. The van der Waals surface area contributed by atoms with Crippen LogP contribution in [-0.4, -0.2) is 54.5 Å². The van der Waals surface area contributed by atoms with Crippen LogP contribution in [-0.2, 0) is 19.1 Å². The Morgan fingerprint density at radius 2 is 2.15 bits per heavy atom. The molecule has 1 amide bonds. The number of halogens is 1. The number of thioether (sulfide) groups is 2. The van der Waals surface area contributed by atoms with Crippen molar-refractivity contribution in [2.75, 3.05) is 31.8 Å². The molecule has 0 spiro atoms. The Morgan fingerprint density at radius 1 is 1.38 bits per heavy atom. The van der Waals surface area contributed by atoms with Crippen molar-refractivity contribution in [3.05, 3.63) is 39.9 Å². The summed E-state index contributed by atoms with van der Waals surface area (Å²) in [7, 11) is 0. The number of hydrogen-bond donors (Lipinski definition) is 0. The zero-order valence-electron chi connectivity index (χ0n) is 14.3. The number of amides is 1. The molecular formula is C17H18ClNO5S2. The lowest BCUT2D eigenvalue weighted by Crippen LogP contribution is -2.29. The molecule has 0 aliphatic carbocycles. The summed E-state index contributed by atoms with van der Waals surface area (Å²) in [5, 5.41) is 0.801. The molecule has 1 aliphatic heterocycles.